The number of aromatic nitrogens is 2. The van der Waals surface area contributed by atoms with Crippen LogP contribution < -0.4 is 0 Å². The smallest absolute Gasteiger partial charge is 0.126 e. The van der Waals surface area contributed by atoms with Gasteiger partial charge < -0.3 is 9.30 Å². The number of nitrogens with zero attached hydrogens (tertiary/aromatic N) is 3. The lowest BCUT2D eigenvalue weighted by Crippen LogP contribution is -2.44. The fraction of sp³-hybridized carbons (Fsp3) is 0.800. The highest BCUT2D eigenvalue weighted by Crippen LogP contribution is 2.36. The zero-order valence-electron chi connectivity index (χ0n) is 13.0. The number of imidazole rings is 1. The summed E-state index contributed by atoms with van der Waals surface area (Å²) in [5.41, 5.74) is 0. The maximum atomic E-state index is 5.90. The summed E-state index contributed by atoms with van der Waals surface area (Å²) in [6, 6.07) is 0.781. The average Bonchev–Trinajstić information content (AvgIpc) is 2.88. The first-order valence-electron chi connectivity index (χ1n) is 7.29. The predicted octanol–water partition coefficient (Wildman–Crippen LogP) is 2.82. The fourth-order valence-corrected chi connectivity index (χ4v) is 3.09. The molecule has 19 heavy (non-hydrogen) atoms. The predicted molar refractivity (Wildman–Crippen MR) is 76.7 cm³/mol. The molecule has 4 nitrogen and oxygen atoms in total. The van der Waals surface area contributed by atoms with Crippen LogP contribution in [0.4, 0.5) is 0 Å². The molecule has 4 heteroatoms. The third kappa shape index (κ3) is 2.70. The Bertz CT molecular complexity index is 413. The Labute approximate surface area is 116 Å². The molecule has 0 aliphatic carbocycles. The van der Waals surface area contributed by atoms with E-state index in [4.69, 9.17) is 4.74 Å². The zero-order chi connectivity index (χ0) is 14.2. The van der Waals surface area contributed by atoms with Crippen molar-refractivity contribution in [2.24, 2.45) is 18.9 Å². The van der Waals surface area contributed by atoms with Gasteiger partial charge in [-0.05, 0) is 18.8 Å². The van der Waals surface area contributed by atoms with E-state index in [0.29, 0.717) is 23.9 Å². The molecule has 1 fully saturated rings. The Kier molecular flexibility index (Phi) is 4.31. The van der Waals surface area contributed by atoms with E-state index in [1.807, 2.05) is 12.4 Å². The molecule has 2 rings (SSSR count). The molecule has 0 spiro atoms. The van der Waals surface area contributed by atoms with Crippen LogP contribution >= 0.6 is 0 Å². The van der Waals surface area contributed by atoms with Crippen molar-refractivity contribution in [1.82, 2.24) is 14.5 Å². The van der Waals surface area contributed by atoms with Crippen LogP contribution in [0.15, 0.2) is 12.4 Å². The first kappa shape index (κ1) is 14.5. The highest BCUT2D eigenvalue weighted by molar-refractivity contribution is 5.03. The quantitative estimate of drug-likeness (QED) is 0.838. The van der Waals surface area contributed by atoms with Gasteiger partial charge in [0.25, 0.3) is 0 Å². The van der Waals surface area contributed by atoms with Crippen molar-refractivity contribution in [2.45, 2.75) is 52.9 Å². The van der Waals surface area contributed by atoms with Gasteiger partial charge >= 0.3 is 0 Å². The van der Waals surface area contributed by atoms with Crippen molar-refractivity contribution in [2.75, 3.05) is 6.61 Å². The van der Waals surface area contributed by atoms with Crippen LogP contribution in [0.2, 0.25) is 0 Å². The molecule has 0 radical (unpaired) electrons. The lowest BCUT2D eigenvalue weighted by atomic mass is 9.96. The fourth-order valence-electron chi connectivity index (χ4n) is 3.09. The summed E-state index contributed by atoms with van der Waals surface area (Å²) in [5, 5.41) is 0. The Morgan fingerprint density at radius 2 is 2.00 bits per heavy atom. The van der Waals surface area contributed by atoms with Crippen molar-refractivity contribution in [3.05, 3.63) is 18.2 Å². The van der Waals surface area contributed by atoms with E-state index in [9.17, 15) is 0 Å². The van der Waals surface area contributed by atoms with Crippen molar-refractivity contribution >= 4 is 0 Å². The minimum atomic E-state index is 0.163. The molecule has 1 aliphatic rings. The summed E-state index contributed by atoms with van der Waals surface area (Å²) < 4.78 is 8.03. The van der Waals surface area contributed by atoms with E-state index in [2.05, 4.69) is 56.1 Å². The molecule has 108 valence electrons. The van der Waals surface area contributed by atoms with Gasteiger partial charge in [-0.2, -0.15) is 0 Å². The Morgan fingerprint density at radius 3 is 2.47 bits per heavy atom. The summed E-state index contributed by atoms with van der Waals surface area (Å²) in [6.07, 6.45) is 4.07. The minimum absolute atomic E-state index is 0.163. The molecule has 1 saturated heterocycles. The summed E-state index contributed by atoms with van der Waals surface area (Å²) in [6.45, 7) is 12.1. The van der Waals surface area contributed by atoms with E-state index in [0.717, 1.165) is 12.4 Å². The third-order valence-electron chi connectivity index (χ3n) is 4.16. The molecule has 1 aromatic rings. The first-order chi connectivity index (χ1) is 8.93. The van der Waals surface area contributed by atoms with Crippen LogP contribution in [0, 0.1) is 11.8 Å². The molecular formula is C15H27N3O. The van der Waals surface area contributed by atoms with E-state index in [-0.39, 0.29) is 6.23 Å². The van der Waals surface area contributed by atoms with Crippen molar-refractivity contribution < 1.29 is 4.74 Å². The Balaban J connectivity index is 2.35. The lowest BCUT2D eigenvalue weighted by molar-refractivity contribution is -0.000837. The van der Waals surface area contributed by atoms with Gasteiger partial charge in [0.15, 0.2) is 0 Å². The van der Waals surface area contributed by atoms with Crippen LogP contribution in [0.3, 0.4) is 0 Å². The molecule has 3 atom stereocenters. The Morgan fingerprint density at radius 1 is 1.32 bits per heavy atom. The average molecular weight is 265 g/mol. The van der Waals surface area contributed by atoms with Gasteiger partial charge in [0, 0.05) is 25.5 Å². The molecule has 0 amide bonds. The molecular weight excluding hydrogens is 238 g/mol. The van der Waals surface area contributed by atoms with Gasteiger partial charge in [0.1, 0.15) is 12.1 Å². The SMILES string of the molecule is CC(C)[C@H]1CO[C@@H](C)N1[C@@H](c1nccn1C)C(C)C. The van der Waals surface area contributed by atoms with Crippen LogP contribution in [-0.4, -0.2) is 33.3 Å². The van der Waals surface area contributed by atoms with E-state index in [1.165, 1.54) is 0 Å². The van der Waals surface area contributed by atoms with Gasteiger partial charge in [-0.3, -0.25) is 4.90 Å². The summed E-state index contributed by atoms with van der Waals surface area (Å²) in [4.78, 5) is 7.09. The van der Waals surface area contributed by atoms with E-state index < -0.39 is 0 Å². The maximum Gasteiger partial charge on any atom is 0.126 e. The van der Waals surface area contributed by atoms with E-state index >= 15 is 0 Å². The summed E-state index contributed by atoms with van der Waals surface area (Å²) in [7, 11) is 2.07. The maximum absolute atomic E-state index is 5.90. The van der Waals surface area contributed by atoms with Gasteiger partial charge in [-0.1, -0.05) is 27.7 Å². The van der Waals surface area contributed by atoms with Crippen molar-refractivity contribution in [1.29, 1.82) is 0 Å². The first-order valence-corrected chi connectivity index (χ1v) is 7.29. The molecule has 0 bridgehead atoms. The molecule has 1 aliphatic heterocycles. The summed E-state index contributed by atoms with van der Waals surface area (Å²) in [5.74, 6) is 2.23. The van der Waals surface area contributed by atoms with Gasteiger partial charge in [-0.15, -0.1) is 0 Å². The zero-order valence-corrected chi connectivity index (χ0v) is 13.0. The highest BCUT2D eigenvalue weighted by Gasteiger charge is 2.41. The normalized spacial score (nSPS) is 26.5. The molecule has 2 heterocycles. The lowest BCUT2D eigenvalue weighted by Gasteiger charge is -2.38. The number of rotatable bonds is 4. The number of hydrogen-bond donors (Lipinski definition) is 0. The monoisotopic (exact) mass is 265 g/mol. The van der Waals surface area contributed by atoms with Gasteiger partial charge in [0.2, 0.25) is 0 Å². The molecule has 0 unspecified atom stereocenters. The Hall–Kier alpha value is -0.870. The van der Waals surface area contributed by atoms with Crippen LogP contribution in [0.1, 0.15) is 46.5 Å². The largest absolute Gasteiger partial charge is 0.362 e. The minimum Gasteiger partial charge on any atom is -0.362 e. The molecule has 0 N–H and O–H groups in total. The highest BCUT2D eigenvalue weighted by atomic mass is 16.5. The molecule has 0 aromatic carbocycles. The van der Waals surface area contributed by atoms with Crippen LogP contribution in [0.5, 0.6) is 0 Å². The second-order valence-corrected chi connectivity index (χ2v) is 6.28. The standard InChI is InChI=1S/C15H27N3O/c1-10(2)13-9-19-12(5)18(13)14(11(3)4)15-16-7-8-17(15)6/h7-8,10-14H,9H2,1-6H3/t12-,13+,14+/m0/s1. The van der Waals surface area contributed by atoms with Gasteiger partial charge in [-0.25, -0.2) is 4.98 Å². The number of hydrogen-bond acceptors (Lipinski definition) is 3. The van der Waals surface area contributed by atoms with Crippen LogP contribution in [-0.2, 0) is 11.8 Å². The second kappa shape index (κ2) is 5.63. The summed E-state index contributed by atoms with van der Waals surface area (Å²) >= 11 is 0. The van der Waals surface area contributed by atoms with E-state index in [1.54, 1.807) is 0 Å². The third-order valence-corrected chi connectivity index (χ3v) is 4.16. The van der Waals surface area contributed by atoms with Crippen molar-refractivity contribution in [3.8, 4) is 0 Å². The second-order valence-electron chi connectivity index (χ2n) is 6.28. The van der Waals surface area contributed by atoms with Gasteiger partial charge in [0.05, 0.1) is 12.6 Å². The topological polar surface area (TPSA) is 30.3 Å². The number of ether oxygens (including phenoxy) is 1. The van der Waals surface area contributed by atoms with Crippen LogP contribution in [0.25, 0.3) is 0 Å². The van der Waals surface area contributed by atoms with Crippen molar-refractivity contribution in [3.63, 3.8) is 0 Å². The molecule has 1 aromatic heterocycles. The number of aryl methyl sites for hydroxylation is 1. The molecule has 0 saturated carbocycles.